The number of amides is 1. The molecule has 0 aromatic heterocycles. The molecule has 5 heteroatoms. The molecule has 4 aromatic carbocycles. The Morgan fingerprint density at radius 2 is 1.22 bits per heavy atom. The molecule has 0 radical (unpaired) electrons. The van der Waals surface area contributed by atoms with E-state index < -0.39 is 17.4 Å². The molecule has 4 rings (SSSR count). The second-order valence-electron chi connectivity index (χ2n) is 8.45. The standard InChI is InChI=1S/C31H29NO4/c1-35-27-20-12-13-23(21-27)22-28(29(33)36-2)32-30(34)31(24-14-6-3-7-15-24,25-16-8-4-9-17-25)26-18-10-5-11-19-26/h3-21,28H,22H2,1-2H3,(H,32,34)/t28-/m0/s1. The summed E-state index contributed by atoms with van der Waals surface area (Å²) < 4.78 is 10.4. The zero-order chi connectivity index (χ0) is 25.4. The molecular weight excluding hydrogens is 450 g/mol. The molecule has 0 aliphatic carbocycles. The van der Waals surface area contributed by atoms with Gasteiger partial charge in [0.05, 0.1) is 14.2 Å². The Balaban J connectivity index is 1.83. The fourth-order valence-corrected chi connectivity index (χ4v) is 4.59. The van der Waals surface area contributed by atoms with Crippen LogP contribution in [-0.2, 0) is 26.2 Å². The molecule has 5 nitrogen and oxygen atoms in total. The first-order valence-corrected chi connectivity index (χ1v) is 11.8. The number of carbonyl (C=O) groups excluding carboxylic acids is 2. The Morgan fingerprint density at radius 1 is 0.722 bits per heavy atom. The van der Waals surface area contributed by atoms with E-state index in [2.05, 4.69) is 5.32 Å². The third kappa shape index (κ3) is 5.01. The van der Waals surface area contributed by atoms with Crippen LogP contribution in [0.4, 0.5) is 0 Å². The highest BCUT2D eigenvalue weighted by molar-refractivity contribution is 5.98. The maximum atomic E-state index is 14.5. The number of carbonyl (C=O) groups is 2. The normalized spacial score (nSPS) is 11.8. The van der Waals surface area contributed by atoms with E-state index in [1.54, 1.807) is 7.11 Å². The van der Waals surface area contributed by atoms with Gasteiger partial charge in [-0.05, 0) is 34.4 Å². The quantitative estimate of drug-likeness (QED) is 0.273. The summed E-state index contributed by atoms with van der Waals surface area (Å²) in [5, 5.41) is 3.04. The zero-order valence-electron chi connectivity index (χ0n) is 20.4. The van der Waals surface area contributed by atoms with E-state index in [1.807, 2.05) is 115 Å². The summed E-state index contributed by atoms with van der Waals surface area (Å²) in [6.07, 6.45) is 0.254. The van der Waals surface area contributed by atoms with Crippen LogP contribution < -0.4 is 10.1 Å². The van der Waals surface area contributed by atoms with Gasteiger partial charge >= 0.3 is 5.97 Å². The lowest BCUT2D eigenvalue weighted by Gasteiger charge is -2.35. The SMILES string of the molecule is COC(=O)[C@H](Cc1cccc(OC)c1)NC(=O)C(c1ccccc1)(c1ccccc1)c1ccccc1. The van der Waals surface area contributed by atoms with Gasteiger partial charge in [-0.15, -0.1) is 0 Å². The summed E-state index contributed by atoms with van der Waals surface area (Å²) in [4.78, 5) is 27.3. The molecule has 36 heavy (non-hydrogen) atoms. The smallest absolute Gasteiger partial charge is 0.328 e. The van der Waals surface area contributed by atoms with Crippen LogP contribution in [0.2, 0.25) is 0 Å². The predicted octanol–water partition coefficient (Wildman–Crippen LogP) is 4.93. The summed E-state index contributed by atoms with van der Waals surface area (Å²) >= 11 is 0. The molecule has 1 amide bonds. The van der Waals surface area contributed by atoms with Crippen LogP contribution >= 0.6 is 0 Å². The molecule has 0 aliphatic rings. The molecule has 4 aromatic rings. The van der Waals surface area contributed by atoms with E-state index in [4.69, 9.17) is 9.47 Å². The first kappa shape index (κ1) is 24.7. The number of benzene rings is 4. The van der Waals surface area contributed by atoms with Crippen LogP contribution in [0.3, 0.4) is 0 Å². The van der Waals surface area contributed by atoms with Crippen LogP contribution in [0.1, 0.15) is 22.3 Å². The summed E-state index contributed by atoms with van der Waals surface area (Å²) in [5.41, 5.74) is 2.04. The van der Waals surface area contributed by atoms with Crippen molar-refractivity contribution in [2.24, 2.45) is 0 Å². The highest BCUT2D eigenvalue weighted by Crippen LogP contribution is 2.39. The molecule has 0 aliphatic heterocycles. The Kier molecular flexibility index (Phi) is 7.81. The summed E-state index contributed by atoms with van der Waals surface area (Å²) in [7, 11) is 2.92. The van der Waals surface area contributed by atoms with E-state index in [0.717, 1.165) is 22.3 Å². The van der Waals surface area contributed by atoms with Gasteiger partial charge in [0, 0.05) is 6.42 Å². The first-order chi connectivity index (χ1) is 17.6. The minimum atomic E-state index is -1.19. The Labute approximate surface area is 211 Å². The third-order valence-electron chi connectivity index (χ3n) is 6.33. The number of ether oxygens (including phenoxy) is 2. The first-order valence-electron chi connectivity index (χ1n) is 11.8. The van der Waals surface area contributed by atoms with Gasteiger partial charge in [0.1, 0.15) is 17.2 Å². The van der Waals surface area contributed by atoms with Gasteiger partial charge < -0.3 is 14.8 Å². The number of esters is 1. The van der Waals surface area contributed by atoms with Crippen molar-refractivity contribution in [1.29, 1.82) is 0 Å². The van der Waals surface area contributed by atoms with Gasteiger partial charge in [0.25, 0.3) is 0 Å². The van der Waals surface area contributed by atoms with Crippen LogP contribution in [0.15, 0.2) is 115 Å². The lowest BCUT2D eigenvalue weighted by Crippen LogP contribution is -2.52. The third-order valence-corrected chi connectivity index (χ3v) is 6.33. The maximum Gasteiger partial charge on any atom is 0.328 e. The highest BCUT2D eigenvalue weighted by Gasteiger charge is 2.45. The number of rotatable bonds is 9. The van der Waals surface area contributed by atoms with Crippen molar-refractivity contribution in [3.05, 3.63) is 138 Å². The number of methoxy groups -OCH3 is 2. The van der Waals surface area contributed by atoms with Crippen LogP contribution in [0.5, 0.6) is 5.75 Å². The number of hydrogen-bond acceptors (Lipinski definition) is 4. The maximum absolute atomic E-state index is 14.5. The lowest BCUT2D eigenvalue weighted by molar-refractivity contribution is -0.145. The number of nitrogens with one attached hydrogen (secondary N) is 1. The van der Waals surface area contributed by atoms with Gasteiger partial charge in [0.2, 0.25) is 5.91 Å². The van der Waals surface area contributed by atoms with E-state index in [-0.39, 0.29) is 12.3 Å². The van der Waals surface area contributed by atoms with Gasteiger partial charge in [-0.1, -0.05) is 103 Å². The van der Waals surface area contributed by atoms with Gasteiger partial charge in [0.15, 0.2) is 0 Å². The monoisotopic (exact) mass is 479 g/mol. The molecule has 0 unspecified atom stereocenters. The average molecular weight is 480 g/mol. The molecule has 0 fully saturated rings. The van der Waals surface area contributed by atoms with Crippen molar-refractivity contribution in [2.45, 2.75) is 17.9 Å². The van der Waals surface area contributed by atoms with Crippen molar-refractivity contribution in [1.82, 2.24) is 5.32 Å². The second-order valence-corrected chi connectivity index (χ2v) is 8.45. The summed E-state index contributed by atoms with van der Waals surface area (Å²) in [6, 6.07) is 35.4. The largest absolute Gasteiger partial charge is 0.497 e. The topological polar surface area (TPSA) is 64.6 Å². The van der Waals surface area contributed by atoms with Crippen LogP contribution in [-0.4, -0.2) is 32.1 Å². The Morgan fingerprint density at radius 3 is 1.67 bits per heavy atom. The molecule has 182 valence electrons. The molecule has 0 saturated heterocycles. The minimum Gasteiger partial charge on any atom is -0.497 e. The van der Waals surface area contributed by atoms with Crippen LogP contribution in [0, 0.1) is 0 Å². The van der Waals surface area contributed by atoms with E-state index in [0.29, 0.717) is 5.75 Å². The van der Waals surface area contributed by atoms with Crippen molar-refractivity contribution in [3.8, 4) is 5.75 Å². The van der Waals surface area contributed by atoms with E-state index in [1.165, 1.54) is 7.11 Å². The van der Waals surface area contributed by atoms with Gasteiger partial charge in [-0.25, -0.2) is 4.79 Å². The van der Waals surface area contributed by atoms with Crippen molar-refractivity contribution in [3.63, 3.8) is 0 Å². The van der Waals surface area contributed by atoms with E-state index in [9.17, 15) is 9.59 Å². The molecule has 1 atom stereocenters. The average Bonchev–Trinajstić information content (AvgIpc) is 2.94. The van der Waals surface area contributed by atoms with Gasteiger partial charge in [-0.2, -0.15) is 0 Å². The molecule has 0 spiro atoms. The lowest BCUT2D eigenvalue weighted by atomic mass is 9.68. The minimum absolute atomic E-state index is 0.254. The Hall–Kier alpha value is -4.38. The van der Waals surface area contributed by atoms with E-state index >= 15 is 0 Å². The number of hydrogen-bond donors (Lipinski definition) is 1. The van der Waals surface area contributed by atoms with Crippen molar-refractivity contribution >= 4 is 11.9 Å². The predicted molar refractivity (Wildman–Crippen MR) is 140 cm³/mol. The summed E-state index contributed by atoms with van der Waals surface area (Å²) in [6.45, 7) is 0. The van der Waals surface area contributed by atoms with Crippen molar-refractivity contribution in [2.75, 3.05) is 14.2 Å². The van der Waals surface area contributed by atoms with Gasteiger partial charge in [-0.3, -0.25) is 4.79 Å². The molecular formula is C31H29NO4. The fraction of sp³-hybridized carbons (Fsp3) is 0.161. The van der Waals surface area contributed by atoms with Crippen molar-refractivity contribution < 1.29 is 19.1 Å². The molecule has 0 heterocycles. The highest BCUT2D eigenvalue weighted by atomic mass is 16.5. The molecule has 0 bridgehead atoms. The molecule has 1 N–H and O–H groups in total. The Bertz CT molecular complexity index is 1190. The summed E-state index contributed by atoms with van der Waals surface area (Å²) in [5.74, 6) is -0.159. The van der Waals surface area contributed by atoms with Crippen LogP contribution in [0.25, 0.3) is 0 Å². The second kappa shape index (κ2) is 11.4. The molecule has 0 saturated carbocycles. The zero-order valence-corrected chi connectivity index (χ0v) is 20.4. The fourth-order valence-electron chi connectivity index (χ4n) is 4.59.